The van der Waals surface area contributed by atoms with Gasteiger partial charge in [-0.1, -0.05) is 41.5 Å². The fraction of sp³-hybridized carbons (Fsp3) is 1.00. The predicted molar refractivity (Wildman–Crippen MR) is 87.2 cm³/mol. The zero-order valence-electron chi connectivity index (χ0n) is 14.5. The number of hydrogen-bond acceptors (Lipinski definition) is 3. The average Bonchev–Trinajstić information content (AvgIpc) is 2.36. The quantitative estimate of drug-likeness (QED) is 0.727. The molecule has 1 fully saturated rings. The van der Waals surface area contributed by atoms with Gasteiger partial charge in [-0.05, 0) is 24.2 Å². The first-order chi connectivity index (χ1) is 9.34. The molecule has 0 saturated carbocycles. The smallest absolute Gasteiger partial charge is 0.0489 e. The van der Waals surface area contributed by atoms with E-state index in [9.17, 15) is 0 Å². The molecule has 0 bridgehead atoms. The highest BCUT2D eigenvalue weighted by Gasteiger charge is 2.32. The molecular weight excluding hydrogens is 248 g/mol. The Morgan fingerprint density at radius 2 is 2.00 bits per heavy atom. The van der Waals surface area contributed by atoms with Crippen molar-refractivity contribution in [1.29, 1.82) is 0 Å². The molecule has 0 aromatic rings. The highest BCUT2D eigenvalue weighted by Crippen LogP contribution is 2.24. The van der Waals surface area contributed by atoms with E-state index >= 15 is 0 Å². The summed E-state index contributed by atoms with van der Waals surface area (Å²) in [5, 5.41) is 3.73. The molecule has 2 atom stereocenters. The van der Waals surface area contributed by atoms with Crippen LogP contribution in [-0.2, 0) is 4.74 Å². The van der Waals surface area contributed by atoms with Crippen molar-refractivity contribution < 1.29 is 4.74 Å². The van der Waals surface area contributed by atoms with Gasteiger partial charge >= 0.3 is 0 Å². The van der Waals surface area contributed by atoms with Crippen LogP contribution in [0.25, 0.3) is 0 Å². The van der Waals surface area contributed by atoms with E-state index in [0.717, 1.165) is 26.2 Å². The van der Waals surface area contributed by atoms with Crippen molar-refractivity contribution in [3.63, 3.8) is 0 Å². The second-order valence-electron chi connectivity index (χ2n) is 7.71. The van der Waals surface area contributed by atoms with E-state index in [4.69, 9.17) is 4.74 Å². The maximum absolute atomic E-state index is 5.71. The Bertz CT molecular complexity index is 260. The van der Waals surface area contributed by atoms with Gasteiger partial charge in [0, 0.05) is 44.9 Å². The lowest BCUT2D eigenvalue weighted by molar-refractivity contribution is 0.0617. The van der Waals surface area contributed by atoms with Crippen LogP contribution < -0.4 is 5.32 Å². The van der Waals surface area contributed by atoms with Gasteiger partial charge in [-0.3, -0.25) is 4.90 Å². The number of hydrogen-bond donors (Lipinski definition) is 1. The molecule has 120 valence electrons. The molecule has 0 radical (unpaired) electrons. The summed E-state index contributed by atoms with van der Waals surface area (Å²) in [6.07, 6.45) is 2.39. The molecule has 1 heterocycles. The maximum atomic E-state index is 5.71. The molecule has 2 unspecified atom stereocenters. The zero-order valence-corrected chi connectivity index (χ0v) is 14.5. The number of nitrogens with one attached hydrogen (secondary N) is 1. The van der Waals surface area contributed by atoms with E-state index in [0.29, 0.717) is 23.4 Å². The van der Waals surface area contributed by atoms with Gasteiger partial charge in [-0.15, -0.1) is 0 Å². The normalized spacial score (nSPS) is 25.4. The highest BCUT2D eigenvalue weighted by atomic mass is 16.5. The third-order valence-corrected chi connectivity index (χ3v) is 4.24. The minimum Gasteiger partial charge on any atom is -0.381 e. The maximum Gasteiger partial charge on any atom is 0.0489 e. The van der Waals surface area contributed by atoms with Gasteiger partial charge in [0.15, 0.2) is 0 Å². The molecule has 1 rings (SSSR count). The summed E-state index contributed by atoms with van der Waals surface area (Å²) in [6, 6.07) is 1.29. The van der Waals surface area contributed by atoms with Crippen LogP contribution in [-0.4, -0.2) is 49.8 Å². The molecule has 0 spiro atoms. The Hall–Kier alpha value is -0.120. The monoisotopic (exact) mass is 284 g/mol. The van der Waals surface area contributed by atoms with Gasteiger partial charge < -0.3 is 10.1 Å². The number of rotatable bonds is 7. The molecule has 1 aliphatic heterocycles. The molecule has 1 saturated heterocycles. The van der Waals surface area contributed by atoms with Crippen LogP contribution in [0.2, 0.25) is 0 Å². The van der Waals surface area contributed by atoms with Crippen LogP contribution in [0.4, 0.5) is 0 Å². The second kappa shape index (κ2) is 8.35. The molecule has 0 aliphatic carbocycles. The zero-order chi connectivity index (χ0) is 15.2. The Morgan fingerprint density at radius 3 is 2.55 bits per heavy atom. The highest BCUT2D eigenvalue weighted by molar-refractivity contribution is 4.91. The van der Waals surface area contributed by atoms with Crippen molar-refractivity contribution in [1.82, 2.24) is 10.2 Å². The Morgan fingerprint density at radius 1 is 1.30 bits per heavy atom. The molecule has 0 amide bonds. The minimum atomic E-state index is 0.338. The molecule has 3 heteroatoms. The average molecular weight is 284 g/mol. The SMILES string of the molecule is CCC1CNC(C(C)(C)C)CN1CCCOCC(C)C. The van der Waals surface area contributed by atoms with Crippen LogP contribution in [0.1, 0.15) is 54.4 Å². The Kier molecular flexibility index (Phi) is 7.49. The lowest BCUT2D eigenvalue weighted by Gasteiger charge is -2.45. The van der Waals surface area contributed by atoms with Crippen LogP contribution in [0.3, 0.4) is 0 Å². The van der Waals surface area contributed by atoms with Gasteiger partial charge in [0.05, 0.1) is 0 Å². The van der Waals surface area contributed by atoms with Crippen LogP contribution in [0.5, 0.6) is 0 Å². The summed E-state index contributed by atoms with van der Waals surface area (Å²) in [6.45, 7) is 19.0. The van der Waals surface area contributed by atoms with Gasteiger partial charge in [0.2, 0.25) is 0 Å². The molecular formula is C17H36N2O. The first kappa shape index (κ1) is 17.9. The lowest BCUT2D eigenvalue weighted by Crippen LogP contribution is -2.60. The van der Waals surface area contributed by atoms with E-state index in [-0.39, 0.29) is 0 Å². The van der Waals surface area contributed by atoms with Gasteiger partial charge in [-0.2, -0.15) is 0 Å². The van der Waals surface area contributed by atoms with Crippen LogP contribution in [0, 0.1) is 11.3 Å². The standard InChI is InChI=1S/C17H36N2O/c1-7-15-11-18-16(17(4,5)6)12-19(15)9-8-10-20-13-14(2)3/h14-16,18H,7-13H2,1-6H3. The van der Waals surface area contributed by atoms with Gasteiger partial charge in [0.25, 0.3) is 0 Å². The topological polar surface area (TPSA) is 24.5 Å². The summed E-state index contributed by atoms with van der Waals surface area (Å²) in [7, 11) is 0. The van der Waals surface area contributed by atoms with Crippen molar-refractivity contribution in [2.75, 3.05) is 32.8 Å². The van der Waals surface area contributed by atoms with Gasteiger partial charge in [0.1, 0.15) is 0 Å². The van der Waals surface area contributed by atoms with Crippen molar-refractivity contribution in [2.45, 2.75) is 66.5 Å². The molecule has 0 aromatic carbocycles. The first-order valence-corrected chi connectivity index (χ1v) is 8.39. The molecule has 1 aliphatic rings. The first-order valence-electron chi connectivity index (χ1n) is 8.39. The fourth-order valence-corrected chi connectivity index (χ4v) is 2.80. The number of piperazine rings is 1. The summed E-state index contributed by atoms with van der Waals surface area (Å²) in [5.74, 6) is 0.642. The summed E-state index contributed by atoms with van der Waals surface area (Å²) >= 11 is 0. The van der Waals surface area contributed by atoms with E-state index in [2.05, 4.69) is 51.8 Å². The van der Waals surface area contributed by atoms with Crippen LogP contribution >= 0.6 is 0 Å². The Labute approximate surface area is 126 Å². The molecule has 0 aromatic heterocycles. The molecule has 1 N–H and O–H groups in total. The second-order valence-corrected chi connectivity index (χ2v) is 7.71. The van der Waals surface area contributed by atoms with Gasteiger partial charge in [-0.25, -0.2) is 0 Å². The number of nitrogens with zero attached hydrogens (tertiary/aromatic N) is 1. The molecule has 20 heavy (non-hydrogen) atoms. The molecule has 3 nitrogen and oxygen atoms in total. The van der Waals surface area contributed by atoms with Crippen molar-refractivity contribution in [2.24, 2.45) is 11.3 Å². The van der Waals surface area contributed by atoms with E-state index < -0.39 is 0 Å². The lowest BCUT2D eigenvalue weighted by atomic mass is 9.84. The minimum absolute atomic E-state index is 0.338. The Balaban J connectivity index is 2.35. The van der Waals surface area contributed by atoms with E-state index in [1.807, 2.05) is 0 Å². The largest absolute Gasteiger partial charge is 0.381 e. The predicted octanol–water partition coefficient (Wildman–Crippen LogP) is 3.15. The van der Waals surface area contributed by atoms with Crippen molar-refractivity contribution >= 4 is 0 Å². The number of ether oxygens (including phenoxy) is 1. The third-order valence-electron chi connectivity index (χ3n) is 4.24. The van der Waals surface area contributed by atoms with Crippen LogP contribution in [0.15, 0.2) is 0 Å². The van der Waals surface area contributed by atoms with Crippen molar-refractivity contribution in [3.05, 3.63) is 0 Å². The summed E-state index contributed by atoms with van der Waals surface area (Å²) in [5.41, 5.74) is 0.338. The fourth-order valence-electron chi connectivity index (χ4n) is 2.80. The van der Waals surface area contributed by atoms with E-state index in [1.54, 1.807) is 0 Å². The third kappa shape index (κ3) is 6.11. The van der Waals surface area contributed by atoms with E-state index in [1.165, 1.54) is 19.5 Å². The summed E-state index contributed by atoms with van der Waals surface area (Å²) in [4.78, 5) is 2.67. The van der Waals surface area contributed by atoms with Crippen molar-refractivity contribution in [3.8, 4) is 0 Å². The summed E-state index contributed by atoms with van der Waals surface area (Å²) < 4.78 is 5.71.